The first-order valence-corrected chi connectivity index (χ1v) is 3.79. The molecule has 1 unspecified atom stereocenters. The van der Waals surface area contributed by atoms with Gasteiger partial charge in [-0.25, -0.2) is 4.68 Å². The van der Waals surface area contributed by atoms with Gasteiger partial charge in [-0.15, -0.1) is 0 Å². The van der Waals surface area contributed by atoms with Gasteiger partial charge in [0.1, 0.15) is 5.92 Å². The van der Waals surface area contributed by atoms with Crippen LogP contribution in [0, 0.1) is 0 Å². The Morgan fingerprint density at radius 3 is 3.08 bits per heavy atom. The van der Waals surface area contributed by atoms with Crippen molar-refractivity contribution in [3.63, 3.8) is 0 Å². The number of hydrogen-bond acceptors (Lipinski definition) is 3. The van der Waals surface area contributed by atoms with Crippen LogP contribution in [0.1, 0.15) is 11.6 Å². The quantitative estimate of drug-likeness (QED) is 0.690. The molecule has 1 heterocycles. The predicted molar refractivity (Wildman–Crippen MR) is 48.0 cm³/mol. The molecule has 1 aromatic heterocycles. The van der Waals surface area contributed by atoms with Crippen LogP contribution in [0.2, 0.25) is 0 Å². The summed E-state index contributed by atoms with van der Waals surface area (Å²) >= 11 is 0. The Kier molecular flexibility index (Phi) is 2.81. The molecule has 70 valence electrons. The number of nitrogens with zero attached hydrogens (tertiary/aromatic N) is 2. The molecular weight excluding hydrogens is 170 g/mol. The minimum atomic E-state index is -0.953. The van der Waals surface area contributed by atoms with Gasteiger partial charge < -0.3 is 10.8 Å². The topological polar surface area (TPSA) is 81.1 Å². The second-order valence-corrected chi connectivity index (χ2v) is 2.51. The van der Waals surface area contributed by atoms with Crippen LogP contribution in [0.15, 0.2) is 18.8 Å². The number of hydrogen-bond donors (Lipinski definition) is 2. The highest BCUT2D eigenvalue weighted by atomic mass is 16.4. The molecule has 0 saturated heterocycles. The van der Waals surface area contributed by atoms with Crippen LogP contribution in [0.5, 0.6) is 0 Å². The van der Waals surface area contributed by atoms with E-state index in [2.05, 4.69) is 11.7 Å². The zero-order valence-electron chi connectivity index (χ0n) is 7.05. The molecule has 0 fully saturated rings. The Labute approximate surface area is 75.5 Å². The normalized spacial score (nSPS) is 12.4. The molecule has 5 heteroatoms. The molecule has 0 aromatic carbocycles. The molecule has 0 bridgehead atoms. The molecule has 0 aliphatic heterocycles. The van der Waals surface area contributed by atoms with E-state index in [1.165, 1.54) is 17.1 Å². The highest BCUT2D eigenvalue weighted by molar-refractivity contribution is 5.76. The van der Waals surface area contributed by atoms with E-state index in [1.54, 1.807) is 6.07 Å². The third-order valence-corrected chi connectivity index (χ3v) is 1.76. The maximum Gasteiger partial charge on any atom is 0.313 e. The monoisotopic (exact) mass is 181 g/mol. The van der Waals surface area contributed by atoms with Gasteiger partial charge in [0.05, 0.1) is 5.69 Å². The van der Waals surface area contributed by atoms with E-state index in [-0.39, 0.29) is 6.54 Å². The van der Waals surface area contributed by atoms with Crippen LogP contribution >= 0.6 is 0 Å². The molecule has 0 saturated carbocycles. The van der Waals surface area contributed by atoms with Gasteiger partial charge in [0, 0.05) is 18.9 Å². The number of rotatable bonds is 4. The molecule has 0 aliphatic carbocycles. The molecular formula is C8H11N3O2. The first-order valence-electron chi connectivity index (χ1n) is 3.79. The number of carboxylic acids is 1. The number of carboxylic acid groups (broad SMARTS) is 1. The summed E-state index contributed by atoms with van der Waals surface area (Å²) in [4.78, 5) is 10.7. The fourth-order valence-corrected chi connectivity index (χ4v) is 1.10. The third kappa shape index (κ3) is 1.75. The molecule has 0 spiro atoms. The van der Waals surface area contributed by atoms with Gasteiger partial charge in [-0.2, -0.15) is 5.10 Å². The summed E-state index contributed by atoms with van der Waals surface area (Å²) in [5.74, 6) is -1.67. The van der Waals surface area contributed by atoms with Gasteiger partial charge in [-0.3, -0.25) is 4.79 Å². The van der Waals surface area contributed by atoms with Crippen LogP contribution in [-0.2, 0) is 4.79 Å². The van der Waals surface area contributed by atoms with E-state index in [0.717, 1.165) is 0 Å². The van der Waals surface area contributed by atoms with Crippen LogP contribution < -0.4 is 5.73 Å². The highest BCUT2D eigenvalue weighted by Crippen LogP contribution is 2.14. The summed E-state index contributed by atoms with van der Waals surface area (Å²) in [5.41, 5.74) is 5.88. The first-order chi connectivity index (χ1) is 6.20. The molecule has 13 heavy (non-hydrogen) atoms. The lowest BCUT2D eigenvalue weighted by Crippen LogP contribution is -2.23. The van der Waals surface area contributed by atoms with E-state index in [4.69, 9.17) is 10.8 Å². The lowest BCUT2D eigenvalue weighted by Gasteiger charge is -2.09. The van der Waals surface area contributed by atoms with E-state index in [9.17, 15) is 4.79 Å². The summed E-state index contributed by atoms with van der Waals surface area (Å²) in [6.45, 7) is 3.56. The van der Waals surface area contributed by atoms with Crippen molar-refractivity contribution in [1.29, 1.82) is 0 Å². The molecule has 0 radical (unpaired) electrons. The maximum absolute atomic E-state index is 10.7. The zero-order chi connectivity index (χ0) is 9.84. The summed E-state index contributed by atoms with van der Waals surface area (Å²) in [5, 5.41) is 12.7. The molecule has 5 nitrogen and oxygen atoms in total. The summed E-state index contributed by atoms with van der Waals surface area (Å²) in [7, 11) is 0. The molecule has 0 amide bonds. The smallest absolute Gasteiger partial charge is 0.313 e. The van der Waals surface area contributed by atoms with Crippen LogP contribution in [0.25, 0.3) is 6.20 Å². The molecule has 1 atom stereocenters. The minimum absolute atomic E-state index is 0.0505. The highest BCUT2D eigenvalue weighted by Gasteiger charge is 2.20. The Morgan fingerprint density at radius 2 is 2.62 bits per heavy atom. The van der Waals surface area contributed by atoms with Gasteiger partial charge in [0.25, 0.3) is 0 Å². The van der Waals surface area contributed by atoms with E-state index in [0.29, 0.717) is 5.69 Å². The SMILES string of the molecule is C=Cn1nccc1C(CN)C(=O)O. The average molecular weight is 181 g/mol. The van der Waals surface area contributed by atoms with Crippen molar-refractivity contribution in [1.82, 2.24) is 9.78 Å². The summed E-state index contributed by atoms with van der Waals surface area (Å²) in [6, 6.07) is 1.62. The van der Waals surface area contributed by atoms with Crippen LogP contribution in [0.3, 0.4) is 0 Å². The van der Waals surface area contributed by atoms with E-state index >= 15 is 0 Å². The van der Waals surface area contributed by atoms with Crippen LogP contribution in [0.4, 0.5) is 0 Å². The molecule has 0 aliphatic rings. The van der Waals surface area contributed by atoms with Gasteiger partial charge >= 0.3 is 5.97 Å². The first kappa shape index (κ1) is 9.47. The van der Waals surface area contributed by atoms with Crippen molar-refractivity contribution in [2.75, 3.05) is 6.54 Å². The second kappa shape index (κ2) is 3.86. The summed E-state index contributed by atoms with van der Waals surface area (Å²) < 4.78 is 1.41. The van der Waals surface area contributed by atoms with Crippen molar-refractivity contribution in [3.05, 3.63) is 24.5 Å². The van der Waals surface area contributed by atoms with Gasteiger partial charge in [0.15, 0.2) is 0 Å². The Morgan fingerprint density at radius 1 is 1.92 bits per heavy atom. The number of aliphatic carboxylic acids is 1. The average Bonchev–Trinajstić information content (AvgIpc) is 2.53. The fourth-order valence-electron chi connectivity index (χ4n) is 1.10. The lowest BCUT2D eigenvalue weighted by molar-refractivity contribution is -0.138. The molecule has 3 N–H and O–H groups in total. The predicted octanol–water partition coefficient (Wildman–Crippen LogP) is 0.111. The Hall–Kier alpha value is -1.62. The van der Waals surface area contributed by atoms with Gasteiger partial charge in [-0.1, -0.05) is 6.58 Å². The Balaban J connectivity index is 3.03. The molecule has 1 aromatic rings. The third-order valence-electron chi connectivity index (χ3n) is 1.76. The molecule has 1 rings (SSSR count). The van der Waals surface area contributed by atoms with E-state index < -0.39 is 11.9 Å². The zero-order valence-corrected chi connectivity index (χ0v) is 7.05. The van der Waals surface area contributed by atoms with Crippen molar-refractivity contribution < 1.29 is 9.90 Å². The van der Waals surface area contributed by atoms with Crippen molar-refractivity contribution >= 4 is 12.2 Å². The van der Waals surface area contributed by atoms with Crippen molar-refractivity contribution in [2.24, 2.45) is 5.73 Å². The van der Waals surface area contributed by atoms with Crippen molar-refractivity contribution in [3.8, 4) is 0 Å². The fraction of sp³-hybridized carbons (Fsp3) is 0.250. The van der Waals surface area contributed by atoms with E-state index in [1.807, 2.05) is 0 Å². The van der Waals surface area contributed by atoms with Gasteiger partial charge in [-0.05, 0) is 6.07 Å². The number of aromatic nitrogens is 2. The largest absolute Gasteiger partial charge is 0.481 e. The standard InChI is InChI=1S/C8H11N3O2/c1-2-11-7(3-4-10-11)6(5-9)8(12)13/h2-4,6H,1,5,9H2,(H,12,13). The van der Waals surface area contributed by atoms with Gasteiger partial charge in [0.2, 0.25) is 0 Å². The van der Waals surface area contributed by atoms with Crippen LogP contribution in [-0.4, -0.2) is 27.4 Å². The Bertz CT molecular complexity index is 319. The second-order valence-electron chi connectivity index (χ2n) is 2.51. The number of nitrogens with two attached hydrogens (primary N) is 1. The lowest BCUT2D eigenvalue weighted by atomic mass is 10.1. The number of carbonyl (C=O) groups is 1. The maximum atomic E-state index is 10.7. The summed E-state index contributed by atoms with van der Waals surface area (Å²) in [6.07, 6.45) is 2.96. The van der Waals surface area contributed by atoms with Crippen molar-refractivity contribution in [2.45, 2.75) is 5.92 Å². The minimum Gasteiger partial charge on any atom is -0.481 e.